The van der Waals surface area contributed by atoms with Crippen molar-refractivity contribution in [3.8, 4) is 0 Å². The van der Waals surface area contributed by atoms with E-state index in [0.717, 1.165) is 17.1 Å². The van der Waals surface area contributed by atoms with Crippen molar-refractivity contribution >= 4 is 34.1 Å². The molecule has 18 heavy (non-hydrogen) atoms. The molecule has 0 bridgehead atoms. The lowest BCUT2D eigenvalue weighted by Gasteiger charge is -2.18. The quantitative estimate of drug-likeness (QED) is 0.785. The predicted octanol–water partition coefficient (Wildman–Crippen LogP) is 3.60. The van der Waals surface area contributed by atoms with Crippen molar-refractivity contribution in [2.75, 3.05) is 19.1 Å². The van der Waals surface area contributed by atoms with Crippen LogP contribution in [0.5, 0.6) is 0 Å². The zero-order valence-corrected chi connectivity index (χ0v) is 12.6. The fourth-order valence-corrected chi connectivity index (χ4v) is 2.02. The second-order valence-electron chi connectivity index (χ2n) is 3.99. The van der Waals surface area contributed by atoms with Gasteiger partial charge in [0.25, 0.3) is 0 Å². The van der Waals surface area contributed by atoms with Crippen LogP contribution in [0.25, 0.3) is 0 Å². The Labute approximate surface area is 121 Å². The smallest absolute Gasteiger partial charge is 0.132 e. The first-order valence-corrected chi connectivity index (χ1v) is 6.72. The van der Waals surface area contributed by atoms with Crippen molar-refractivity contribution in [2.45, 2.75) is 6.61 Å². The van der Waals surface area contributed by atoms with Crippen LogP contribution in [0.4, 0.5) is 11.5 Å². The van der Waals surface area contributed by atoms with Gasteiger partial charge in [0.1, 0.15) is 5.82 Å². The van der Waals surface area contributed by atoms with Crippen molar-refractivity contribution in [3.05, 3.63) is 51.7 Å². The van der Waals surface area contributed by atoms with Crippen LogP contribution in [0.3, 0.4) is 0 Å². The minimum absolute atomic E-state index is 0.598. The maximum atomic E-state index is 5.07. The fraction of sp³-hybridized carbons (Fsp3) is 0.214. The van der Waals surface area contributed by atoms with E-state index < -0.39 is 0 Å². The molecule has 0 spiro atoms. The molecule has 0 radical (unpaired) electrons. The summed E-state index contributed by atoms with van der Waals surface area (Å²) in [6.07, 6.45) is 1.85. The highest BCUT2D eigenvalue weighted by atomic mass is 127. The first kappa shape index (κ1) is 13.3. The van der Waals surface area contributed by atoms with Crippen molar-refractivity contribution in [1.29, 1.82) is 0 Å². The molecule has 0 aliphatic rings. The predicted molar refractivity (Wildman–Crippen MR) is 82.2 cm³/mol. The summed E-state index contributed by atoms with van der Waals surface area (Å²) in [4.78, 5) is 6.50. The molecule has 1 aromatic heterocycles. The summed E-state index contributed by atoms with van der Waals surface area (Å²) in [7, 11) is 3.70. The molecule has 0 N–H and O–H groups in total. The molecular weight excluding hydrogens is 339 g/mol. The topological polar surface area (TPSA) is 25.4 Å². The number of hydrogen-bond donors (Lipinski definition) is 0. The van der Waals surface area contributed by atoms with Gasteiger partial charge in [-0.25, -0.2) is 4.98 Å². The first-order valence-electron chi connectivity index (χ1n) is 5.64. The van der Waals surface area contributed by atoms with Gasteiger partial charge in [0.05, 0.1) is 6.61 Å². The van der Waals surface area contributed by atoms with E-state index in [4.69, 9.17) is 4.74 Å². The summed E-state index contributed by atoms with van der Waals surface area (Å²) < 4.78 is 6.30. The van der Waals surface area contributed by atoms with E-state index in [1.165, 1.54) is 3.57 Å². The largest absolute Gasteiger partial charge is 0.380 e. The van der Waals surface area contributed by atoms with Gasteiger partial charge in [0.2, 0.25) is 0 Å². The third kappa shape index (κ3) is 3.20. The van der Waals surface area contributed by atoms with Crippen molar-refractivity contribution in [2.24, 2.45) is 0 Å². The maximum absolute atomic E-state index is 5.07. The zero-order valence-electron chi connectivity index (χ0n) is 10.4. The number of pyridine rings is 1. The van der Waals surface area contributed by atoms with Gasteiger partial charge in [0, 0.05) is 29.6 Å². The summed E-state index contributed by atoms with van der Waals surface area (Å²) in [5.41, 5.74) is 2.21. The van der Waals surface area contributed by atoms with E-state index in [1.807, 2.05) is 25.4 Å². The summed E-state index contributed by atoms with van der Waals surface area (Å²) in [5.74, 6) is 0.927. The van der Waals surface area contributed by atoms with Crippen molar-refractivity contribution < 1.29 is 4.74 Å². The SMILES string of the molecule is COCc1ccc(N(C)c2ccc(I)cc2)nc1. The zero-order chi connectivity index (χ0) is 13.0. The van der Waals surface area contributed by atoms with Crippen LogP contribution in [0.15, 0.2) is 42.6 Å². The standard InChI is InChI=1S/C14H15IN2O/c1-17(13-6-4-12(15)5-7-13)14-8-3-11(9-16-14)10-18-2/h3-9H,10H2,1-2H3. The summed E-state index contributed by atoms with van der Waals surface area (Å²) in [6, 6.07) is 12.4. The van der Waals surface area contributed by atoms with E-state index in [0.29, 0.717) is 6.61 Å². The van der Waals surface area contributed by atoms with E-state index in [2.05, 4.69) is 56.7 Å². The number of rotatable bonds is 4. The Bertz CT molecular complexity index is 496. The average Bonchev–Trinajstić information content (AvgIpc) is 2.40. The van der Waals surface area contributed by atoms with Crippen LogP contribution in [-0.4, -0.2) is 19.1 Å². The molecule has 1 heterocycles. The lowest BCUT2D eigenvalue weighted by atomic mass is 10.2. The highest BCUT2D eigenvalue weighted by molar-refractivity contribution is 14.1. The number of hydrogen-bond acceptors (Lipinski definition) is 3. The molecule has 0 atom stereocenters. The number of aromatic nitrogens is 1. The van der Waals surface area contributed by atoms with Gasteiger partial charge in [-0.1, -0.05) is 6.07 Å². The van der Waals surface area contributed by atoms with Gasteiger partial charge < -0.3 is 9.64 Å². The van der Waals surface area contributed by atoms with Gasteiger partial charge in [-0.3, -0.25) is 0 Å². The van der Waals surface area contributed by atoms with E-state index in [-0.39, 0.29) is 0 Å². The summed E-state index contributed by atoms with van der Waals surface area (Å²) in [5, 5.41) is 0. The van der Waals surface area contributed by atoms with Crippen molar-refractivity contribution in [3.63, 3.8) is 0 Å². The van der Waals surface area contributed by atoms with Gasteiger partial charge in [-0.2, -0.15) is 0 Å². The molecule has 0 aliphatic carbocycles. The molecule has 0 aliphatic heterocycles. The van der Waals surface area contributed by atoms with Gasteiger partial charge >= 0.3 is 0 Å². The monoisotopic (exact) mass is 354 g/mol. The van der Waals surface area contributed by atoms with Crippen LogP contribution in [0, 0.1) is 3.57 Å². The van der Waals surface area contributed by atoms with Gasteiger partial charge in [-0.15, -0.1) is 0 Å². The number of anilines is 2. The molecular formula is C14H15IN2O. The molecule has 0 unspecified atom stereocenters. The molecule has 0 saturated heterocycles. The third-order valence-electron chi connectivity index (χ3n) is 2.68. The Morgan fingerprint density at radius 3 is 2.44 bits per heavy atom. The Kier molecular flexibility index (Phi) is 4.54. The van der Waals surface area contributed by atoms with Crippen LogP contribution >= 0.6 is 22.6 Å². The number of halogens is 1. The lowest BCUT2D eigenvalue weighted by Crippen LogP contribution is -2.11. The Morgan fingerprint density at radius 2 is 1.89 bits per heavy atom. The van der Waals surface area contributed by atoms with Crippen LogP contribution in [0.2, 0.25) is 0 Å². The molecule has 3 nitrogen and oxygen atoms in total. The van der Waals surface area contributed by atoms with Crippen LogP contribution < -0.4 is 4.90 Å². The maximum Gasteiger partial charge on any atom is 0.132 e. The van der Waals surface area contributed by atoms with E-state index in [1.54, 1.807) is 7.11 Å². The molecule has 0 saturated carbocycles. The normalized spacial score (nSPS) is 10.4. The molecule has 94 valence electrons. The molecule has 4 heteroatoms. The lowest BCUT2D eigenvalue weighted by molar-refractivity contribution is 0.184. The fourth-order valence-electron chi connectivity index (χ4n) is 1.66. The summed E-state index contributed by atoms with van der Waals surface area (Å²) >= 11 is 2.30. The number of methoxy groups -OCH3 is 1. The van der Waals surface area contributed by atoms with Gasteiger partial charge in [0.15, 0.2) is 0 Å². The minimum atomic E-state index is 0.598. The second kappa shape index (κ2) is 6.15. The van der Waals surface area contributed by atoms with E-state index >= 15 is 0 Å². The number of ether oxygens (including phenoxy) is 1. The highest BCUT2D eigenvalue weighted by Crippen LogP contribution is 2.22. The van der Waals surface area contributed by atoms with Crippen LogP contribution in [0.1, 0.15) is 5.56 Å². The number of nitrogens with zero attached hydrogens (tertiary/aromatic N) is 2. The molecule has 2 rings (SSSR count). The second-order valence-corrected chi connectivity index (χ2v) is 5.24. The van der Waals surface area contributed by atoms with E-state index in [9.17, 15) is 0 Å². The Balaban J connectivity index is 2.17. The van der Waals surface area contributed by atoms with Crippen LogP contribution in [-0.2, 0) is 11.3 Å². The Morgan fingerprint density at radius 1 is 1.17 bits per heavy atom. The molecule has 0 fully saturated rings. The first-order chi connectivity index (χ1) is 8.70. The molecule has 1 aromatic carbocycles. The van der Waals surface area contributed by atoms with Gasteiger partial charge in [-0.05, 0) is 58.5 Å². The minimum Gasteiger partial charge on any atom is -0.380 e. The highest BCUT2D eigenvalue weighted by Gasteiger charge is 2.05. The molecule has 2 aromatic rings. The number of benzene rings is 1. The molecule has 0 amide bonds. The third-order valence-corrected chi connectivity index (χ3v) is 3.40. The van der Waals surface area contributed by atoms with Crippen molar-refractivity contribution in [1.82, 2.24) is 4.98 Å². The Hall–Kier alpha value is -1.14. The summed E-state index contributed by atoms with van der Waals surface area (Å²) in [6.45, 7) is 0.598. The average molecular weight is 354 g/mol.